The van der Waals surface area contributed by atoms with E-state index in [0.717, 1.165) is 45.2 Å². The van der Waals surface area contributed by atoms with Crippen LogP contribution in [0.5, 0.6) is 0 Å². The fourth-order valence-corrected chi connectivity index (χ4v) is 3.52. The van der Waals surface area contributed by atoms with Crippen LogP contribution < -0.4 is 10.6 Å². The third kappa shape index (κ3) is 8.91. The van der Waals surface area contributed by atoms with E-state index in [1.54, 1.807) is 0 Å². The molecule has 1 saturated carbocycles. The van der Waals surface area contributed by atoms with Crippen LogP contribution in [0.15, 0.2) is 4.99 Å². The lowest BCUT2D eigenvalue weighted by Gasteiger charge is -2.30. The second-order valence-corrected chi connectivity index (χ2v) is 7.79. The predicted octanol–water partition coefficient (Wildman–Crippen LogP) is 3.26. The number of ether oxygens (including phenoxy) is 1. The zero-order chi connectivity index (χ0) is 18.5. The Bertz CT molecular complexity index is 365. The second-order valence-electron chi connectivity index (χ2n) is 7.79. The molecule has 5 nitrogen and oxygen atoms in total. The second kappa shape index (κ2) is 12.5. The SMILES string of the molecule is CCOCCC1(CNC(=NC)NCCCCN(C)C(C)C)CCCC1. The Balaban J connectivity index is 2.25. The normalized spacial score (nSPS) is 17.5. The number of aliphatic imine (C=N–C) groups is 1. The molecular formula is C20H42N4O. The number of nitrogens with zero attached hydrogens (tertiary/aromatic N) is 2. The van der Waals surface area contributed by atoms with Crippen molar-refractivity contribution in [2.45, 2.75) is 71.8 Å². The summed E-state index contributed by atoms with van der Waals surface area (Å²) in [4.78, 5) is 6.79. The van der Waals surface area contributed by atoms with Crippen molar-refractivity contribution < 1.29 is 4.74 Å². The Kier molecular flexibility index (Phi) is 11.1. The van der Waals surface area contributed by atoms with Crippen LogP contribution in [0.3, 0.4) is 0 Å². The van der Waals surface area contributed by atoms with Gasteiger partial charge < -0.3 is 20.3 Å². The molecule has 2 N–H and O–H groups in total. The number of hydrogen-bond acceptors (Lipinski definition) is 3. The molecule has 25 heavy (non-hydrogen) atoms. The average Bonchev–Trinajstić information content (AvgIpc) is 3.06. The molecular weight excluding hydrogens is 312 g/mol. The summed E-state index contributed by atoms with van der Waals surface area (Å²) >= 11 is 0. The summed E-state index contributed by atoms with van der Waals surface area (Å²) in [6, 6.07) is 0.627. The van der Waals surface area contributed by atoms with E-state index >= 15 is 0 Å². The van der Waals surface area contributed by atoms with E-state index in [1.165, 1.54) is 38.5 Å². The van der Waals surface area contributed by atoms with Gasteiger partial charge in [-0.1, -0.05) is 12.8 Å². The maximum absolute atomic E-state index is 5.60. The number of unbranched alkanes of at least 4 members (excludes halogenated alkanes) is 1. The summed E-state index contributed by atoms with van der Waals surface area (Å²) in [6.45, 7) is 11.4. The third-order valence-electron chi connectivity index (χ3n) is 5.61. The van der Waals surface area contributed by atoms with Gasteiger partial charge in [0.25, 0.3) is 0 Å². The highest BCUT2D eigenvalue weighted by molar-refractivity contribution is 5.79. The standard InChI is InChI=1S/C20H42N4O/c1-6-25-16-13-20(11-7-8-12-20)17-23-19(21-4)22-14-9-10-15-24(5)18(2)3/h18H,6-17H2,1-5H3,(H2,21,22,23). The molecule has 0 radical (unpaired) electrons. The van der Waals surface area contributed by atoms with Gasteiger partial charge >= 0.3 is 0 Å². The lowest BCUT2D eigenvalue weighted by molar-refractivity contribution is 0.105. The summed E-state index contributed by atoms with van der Waals surface area (Å²) in [5, 5.41) is 7.04. The van der Waals surface area contributed by atoms with Crippen LogP contribution in [-0.4, -0.2) is 63.8 Å². The van der Waals surface area contributed by atoms with Gasteiger partial charge in [0.2, 0.25) is 0 Å². The highest BCUT2D eigenvalue weighted by Crippen LogP contribution is 2.40. The van der Waals surface area contributed by atoms with Gasteiger partial charge in [-0.3, -0.25) is 4.99 Å². The quantitative estimate of drug-likeness (QED) is 0.321. The molecule has 1 fully saturated rings. The van der Waals surface area contributed by atoms with Crippen LogP contribution in [0.25, 0.3) is 0 Å². The molecule has 0 aromatic rings. The molecule has 0 saturated heterocycles. The molecule has 0 aromatic heterocycles. The Morgan fingerprint density at radius 1 is 1.20 bits per heavy atom. The van der Waals surface area contributed by atoms with Gasteiger partial charge in [-0.2, -0.15) is 0 Å². The largest absolute Gasteiger partial charge is 0.382 e. The highest BCUT2D eigenvalue weighted by Gasteiger charge is 2.33. The smallest absolute Gasteiger partial charge is 0.190 e. The molecule has 1 aliphatic carbocycles. The lowest BCUT2D eigenvalue weighted by Crippen LogP contribution is -2.43. The lowest BCUT2D eigenvalue weighted by atomic mass is 9.83. The molecule has 5 heteroatoms. The fourth-order valence-electron chi connectivity index (χ4n) is 3.52. The molecule has 0 spiro atoms. The van der Waals surface area contributed by atoms with E-state index in [-0.39, 0.29) is 0 Å². The predicted molar refractivity (Wildman–Crippen MR) is 108 cm³/mol. The minimum atomic E-state index is 0.396. The van der Waals surface area contributed by atoms with Crippen molar-refractivity contribution in [1.29, 1.82) is 0 Å². The summed E-state index contributed by atoms with van der Waals surface area (Å²) in [5.74, 6) is 0.944. The van der Waals surface area contributed by atoms with Crippen LogP contribution in [0.1, 0.15) is 65.7 Å². The first-order valence-corrected chi connectivity index (χ1v) is 10.3. The Labute approximate surface area is 156 Å². The van der Waals surface area contributed by atoms with E-state index in [9.17, 15) is 0 Å². The van der Waals surface area contributed by atoms with E-state index in [2.05, 4.69) is 48.3 Å². The Hall–Kier alpha value is -0.810. The van der Waals surface area contributed by atoms with Crippen LogP contribution in [0, 0.1) is 5.41 Å². The Morgan fingerprint density at radius 2 is 1.92 bits per heavy atom. The average molecular weight is 355 g/mol. The zero-order valence-electron chi connectivity index (χ0n) is 17.4. The van der Waals surface area contributed by atoms with E-state index in [0.29, 0.717) is 11.5 Å². The van der Waals surface area contributed by atoms with Gasteiger partial charge in [0, 0.05) is 39.4 Å². The van der Waals surface area contributed by atoms with Crippen LogP contribution in [0.2, 0.25) is 0 Å². The molecule has 0 aliphatic heterocycles. The molecule has 0 unspecified atom stereocenters. The van der Waals surface area contributed by atoms with Crippen LogP contribution in [-0.2, 0) is 4.74 Å². The minimum Gasteiger partial charge on any atom is -0.382 e. The first-order chi connectivity index (χ1) is 12.0. The van der Waals surface area contributed by atoms with E-state index in [1.807, 2.05) is 7.05 Å². The summed E-state index contributed by atoms with van der Waals surface area (Å²) in [7, 11) is 4.06. The number of nitrogens with one attached hydrogen (secondary N) is 2. The maximum atomic E-state index is 5.60. The monoisotopic (exact) mass is 354 g/mol. The van der Waals surface area contributed by atoms with Crippen molar-refractivity contribution in [3.8, 4) is 0 Å². The zero-order valence-corrected chi connectivity index (χ0v) is 17.4. The molecule has 0 heterocycles. The van der Waals surface area contributed by atoms with Crippen molar-refractivity contribution in [2.24, 2.45) is 10.4 Å². The first-order valence-electron chi connectivity index (χ1n) is 10.3. The summed E-state index contributed by atoms with van der Waals surface area (Å²) in [5.41, 5.74) is 0.396. The number of rotatable bonds is 12. The van der Waals surface area contributed by atoms with Gasteiger partial charge in [0.15, 0.2) is 5.96 Å². The molecule has 0 bridgehead atoms. The fraction of sp³-hybridized carbons (Fsp3) is 0.950. The van der Waals surface area contributed by atoms with Gasteiger partial charge in [-0.25, -0.2) is 0 Å². The molecule has 148 valence electrons. The van der Waals surface area contributed by atoms with Crippen molar-refractivity contribution in [3.05, 3.63) is 0 Å². The first kappa shape index (κ1) is 22.2. The highest BCUT2D eigenvalue weighted by atomic mass is 16.5. The minimum absolute atomic E-state index is 0.396. The van der Waals surface area contributed by atoms with Gasteiger partial charge in [-0.05, 0) is 71.9 Å². The van der Waals surface area contributed by atoms with Crippen molar-refractivity contribution in [2.75, 3.05) is 46.9 Å². The molecule has 1 rings (SSSR count). The summed E-state index contributed by atoms with van der Waals surface area (Å²) < 4.78 is 5.60. The van der Waals surface area contributed by atoms with Gasteiger partial charge in [0.05, 0.1) is 0 Å². The van der Waals surface area contributed by atoms with E-state index in [4.69, 9.17) is 4.74 Å². The van der Waals surface area contributed by atoms with E-state index < -0.39 is 0 Å². The number of hydrogen-bond donors (Lipinski definition) is 2. The van der Waals surface area contributed by atoms with Crippen molar-refractivity contribution >= 4 is 5.96 Å². The van der Waals surface area contributed by atoms with Crippen molar-refractivity contribution in [1.82, 2.24) is 15.5 Å². The Morgan fingerprint density at radius 3 is 2.52 bits per heavy atom. The molecule has 0 aromatic carbocycles. The third-order valence-corrected chi connectivity index (χ3v) is 5.61. The molecule has 0 atom stereocenters. The van der Waals surface area contributed by atoms with Crippen molar-refractivity contribution in [3.63, 3.8) is 0 Å². The van der Waals surface area contributed by atoms with Crippen LogP contribution >= 0.6 is 0 Å². The van der Waals surface area contributed by atoms with Gasteiger partial charge in [-0.15, -0.1) is 0 Å². The summed E-state index contributed by atoms with van der Waals surface area (Å²) in [6.07, 6.45) is 8.88. The maximum Gasteiger partial charge on any atom is 0.190 e. The van der Waals surface area contributed by atoms with Crippen LogP contribution in [0.4, 0.5) is 0 Å². The topological polar surface area (TPSA) is 48.9 Å². The molecule has 1 aliphatic rings. The molecule has 0 amide bonds. The number of guanidine groups is 1. The van der Waals surface area contributed by atoms with Gasteiger partial charge in [0.1, 0.15) is 0 Å².